The van der Waals surface area contributed by atoms with Crippen molar-refractivity contribution >= 4 is 44.2 Å². The average Bonchev–Trinajstić information content (AvgIpc) is 2.46. The Morgan fingerprint density at radius 3 is 2.29 bits per heavy atom. The van der Waals surface area contributed by atoms with Crippen molar-refractivity contribution in [1.82, 2.24) is 4.72 Å². The number of carbonyl (C=O) groups is 1. The third-order valence-corrected chi connectivity index (χ3v) is 5.56. The number of carbonyl (C=O) groups excluding carboxylic acids is 1. The van der Waals surface area contributed by atoms with Crippen molar-refractivity contribution < 1.29 is 17.6 Å². The Hall–Kier alpha value is -1.52. The maximum atomic E-state index is 13.1. The lowest BCUT2D eigenvalue weighted by atomic mass is 10.2. The van der Waals surface area contributed by atoms with E-state index >= 15 is 0 Å². The van der Waals surface area contributed by atoms with Crippen LogP contribution in [-0.4, -0.2) is 20.4 Å². The van der Waals surface area contributed by atoms with Gasteiger partial charge in [0, 0.05) is 15.3 Å². The lowest BCUT2D eigenvalue weighted by Gasteiger charge is -2.11. The van der Waals surface area contributed by atoms with Gasteiger partial charge >= 0.3 is 0 Å². The van der Waals surface area contributed by atoms with E-state index in [-0.39, 0.29) is 10.9 Å². The average molecular weight is 462 g/mol. The predicted octanol–water partition coefficient (Wildman–Crippen LogP) is 3.37. The topological polar surface area (TPSA) is 75.3 Å². The van der Waals surface area contributed by atoms with Gasteiger partial charge in [-0.05, 0) is 78.9 Å². The molecular weight excluding hydrogens is 446 g/mol. The van der Waals surface area contributed by atoms with Crippen molar-refractivity contribution in [3.8, 4) is 0 Å². The van der Waals surface area contributed by atoms with Crippen LogP contribution in [0.2, 0.25) is 0 Å². The van der Waals surface area contributed by atoms with Gasteiger partial charge in [0.2, 0.25) is 10.0 Å². The van der Waals surface area contributed by atoms with Gasteiger partial charge < -0.3 is 5.32 Å². The molecule has 1 amide bonds. The lowest BCUT2D eigenvalue weighted by molar-refractivity contribution is 0.102. The van der Waals surface area contributed by atoms with Gasteiger partial charge in [0.1, 0.15) is 5.82 Å². The second-order valence-corrected chi connectivity index (χ2v) is 8.25. The number of anilines is 1. The molecule has 2 N–H and O–H groups in total. The van der Waals surface area contributed by atoms with E-state index in [4.69, 9.17) is 0 Å². The highest BCUT2D eigenvalue weighted by Crippen LogP contribution is 2.18. The van der Waals surface area contributed by atoms with Crippen LogP contribution in [0, 0.1) is 9.39 Å². The quantitative estimate of drug-likeness (QED) is 0.670. The maximum Gasteiger partial charge on any atom is 0.256 e. The number of nitrogens with one attached hydrogen (secondary N) is 2. The molecule has 2 aromatic carbocycles. The summed E-state index contributed by atoms with van der Waals surface area (Å²) in [5.74, 6) is -0.807. The Labute approximate surface area is 153 Å². The summed E-state index contributed by atoms with van der Waals surface area (Å²) in [4.78, 5) is 12.3. The Morgan fingerprint density at radius 1 is 1.12 bits per heavy atom. The fourth-order valence-electron chi connectivity index (χ4n) is 1.97. The Bertz CT molecular complexity index is 852. The van der Waals surface area contributed by atoms with Crippen LogP contribution in [0.15, 0.2) is 47.4 Å². The molecule has 0 atom stereocenters. The first-order valence-electron chi connectivity index (χ1n) is 7.08. The first-order valence-corrected chi connectivity index (χ1v) is 9.64. The molecule has 0 aliphatic carbocycles. The molecule has 0 saturated carbocycles. The van der Waals surface area contributed by atoms with Gasteiger partial charge in [-0.1, -0.05) is 0 Å². The van der Waals surface area contributed by atoms with Crippen molar-refractivity contribution in [3.05, 3.63) is 57.4 Å². The highest BCUT2D eigenvalue weighted by Gasteiger charge is 2.16. The Kier molecular flexibility index (Phi) is 5.94. The zero-order chi connectivity index (χ0) is 17.9. The molecule has 5 nitrogen and oxygen atoms in total. The minimum Gasteiger partial charge on any atom is -0.322 e. The summed E-state index contributed by atoms with van der Waals surface area (Å²) < 4.78 is 40.1. The largest absolute Gasteiger partial charge is 0.322 e. The van der Waals surface area contributed by atoms with Gasteiger partial charge in [-0.25, -0.2) is 17.5 Å². The predicted molar refractivity (Wildman–Crippen MR) is 99.0 cm³/mol. The maximum absolute atomic E-state index is 13.1. The van der Waals surface area contributed by atoms with E-state index in [1.807, 2.05) is 22.6 Å². The van der Waals surface area contributed by atoms with Crippen molar-refractivity contribution in [1.29, 1.82) is 0 Å². The second-order valence-electron chi connectivity index (χ2n) is 5.38. The third kappa shape index (κ3) is 4.74. The number of rotatable bonds is 5. The van der Waals surface area contributed by atoms with E-state index in [1.165, 1.54) is 42.5 Å². The normalized spacial score (nSPS) is 11.5. The van der Waals surface area contributed by atoms with Crippen LogP contribution in [0.5, 0.6) is 0 Å². The van der Waals surface area contributed by atoms with Gasteiger partial charge in [0.05, 0.1) is 10.5 Å². The van der Waals surface area contributed by atoms with Crippen LogP contribution < -0.4 is 10.0 Å². The molecule has 0 aliphatic heterocycles. The highest BCUT2D eigenvalue weighted by molar-refractivity contribution is 14.1. The summed E-state index contributed by atoms with van der Waals surface area (Å²) in [7, 11) is -3.57. The summed E-state index contributed by atoms with van der Waals surface area (Å²) in [6.45, 7) is 3.47. The lowest BCUT2D eigenvalue weighted by Crippen LogP contribution is -2.30. The SMILES string of the molecule is CC(C)NS(=O)(=O)c1ccc(NC(=O)c2ccc(F)cc2I)cc1. The van der Waals surface area contributed by atoms with E-state index in [9.17, 15) is 17.6 Å². The van der Waals surface area contributed by atoms with Crippen molar-refractivity contribution in [2.75, 3.05) is 5.32 Å². The van der Waals surface area contributed by atoms with Crippen LogP contribution in [0.3, 0.4) is 0 Å². The standard InChI is InChI=1S/C16H16FIN2O3S/c1-10(2)20-24(22,23)13-6-4-12(5-7-13)19-16(21)14-8-3-11(17)9-15(14)18/h3-10,20H,1-2H3,(H,19,21). The fraction of sp³-hybridized carbons (Fsp3) is 0.188. The molecule has 0 bridgehead atoms. The molecule has 8 heteroatoms. The Morgan fingerprint density at radius 2 is 1.75 bits per heavy atom. The number of sulfonamides is 1. The number of benzene rings is 2. The van der Waals surface area contributed by atoms with E-state index in [0.717, 1.165) is 0 Å². The summed E-state index contributed by atoms with van der Waals surface area (Å²) in [5.41, 5.74) is 0.791. The minimum atomic E-state index is -3.57. The van der Waals surface area contributed by atoms with Crippen LogP contribution in [0.25, 0.3) is 0 Å². The van der Waals surface area contributed by atoms with Gasteiger partial charge in [-0.2, -0.15) is 0 Å². The molecule has 0 radical (unpaired) electrons. The Balaban J connectivity index is 2.16. The molecule has 0 fully saturated rings. The smallest absolute Gasteiger partial charge is 0.256 e. The number of amides is 1. The van der Waals surface area contributed by atoms with E-state index in [0.29, 0.717) is 14.8 Å². The van der Waals surface area contributed by atoms with Gasteiger partial charge in [-0.3, -0.25) is 4.79 Å². The summed E-state index contributed by atoms with van der Waals surface area (Å²) in [6.07, 6.45) is 0. The number of hydrogen-bond acceptors (Lipinski definition) is 3. The number of hydrogen-bond donors (Lipinski definition) is 2. The van der Waals surface area contributed by atoms with E-state index < -0.39 is 21.7 Å². The molecule has 0 spiro atoms. The van der Waals surface area contributed by atoms with E-state index in [2.05, 4.69) is 10.0 Å². The zero-order valence-corrected chi connectivity index (χ0v) is 16.0. The molecule has 128 valence electrons. The summed E-state index contributed by atoms with van der Waals surface area (Å²) in [5, 5.41) is 2.66. The molecule has 2 rings (SSSR count). The molecule has 0 heterocycles. The summed E-state index contributed by atoms with van der Waals surface area (Å²) in [6, 6.07) is 9.50. The van der Waals surface area contributed by atoms with Crippen LogP contribution in [0.4, 0.5) is 10.1 Å². The van der Waals surface area contributed by atoms with Gasteiger partial charge in [-0.15, -0.1) is 0 Å². The molecule has 0 aliphatic rings. The molecule has 24 heavy (non-hydrogen) atoms. The van der Waals surface area contributed by atoms with Crippen LogP contribution in [0.1, 0.15) is 24.2 Å². The third-order valence-electron chi connectivity index (χ3n) is 2.99. The second kappa shape index (κ2) is 7.58. The first kappa shape index (κ1) is 18.8. The van der Waals surface area contributed by atoms with Gasteiger partial charge in [0.15, 0.2) is 0 Å². The summed E-state index contributed by atoms with van der Waals surface area (Å²) >= 11 is 1.88. The van der Waals surface area contributed by atoms with Gasteiger partial charge in [0.25, 0.3) is 5.91 Å². The highest BCUT2D eigenvalue weighted by atomic mass is 127. The zero-order valence-electron chi connectivity index (χ0n) is 13.0. The first-order chi connectivity index (χ1) is 11.2. The molecule has 0 aromatic heterocycles. The van der Waals surface area contributed by atoms with Crippen molar-refractivity contribution in [2.45, 2.75) is 24.8 Å². The number of halogens is 2. The van der Waals surface area contributed by atoms with Crippen molar-refractivity contribution in [2.24, 2.45) is 0 Å². The van der Waals surface area contributed by atoms with Crippen LogP contribution in [-0.2, 0) is 10.0 Å². The van der Waals surface area contributed by atoms with Crippen molar-refractivity contribution in [3.63, 3.8) is 0 Å². The fourth-order valence-corrected chi connectivity index (χ4v) is 3.94. The van der Waals surface area contributed by atoms with Crippen LogP contribution >= 0.6 is 22.6 Å². The molecule has 0 unspecified atom stereocenters. The monoisotopic (exact) mass is 462 g/mol. The minimum absolute atomic E-state index is 0.116. The van der Waals surface area contributed by atoms with E-state index in [1.54, 1.807) is 13.8 Å². The molecule has 2 aromatic rings. The molecular formula is C16H16FIN2O3S. The molecule has 0 saturated heterocycles.